The first-order valence-corrected chi connectivity index (χ1v) is 7.85. The minimum absolute atomic E-state index is 0.529. The van der Waals surface area contributed by atoms with E-state index in [0.29, 0.717) is 6.10 Å². The molecule has 1 aliphatic rings. The van der Waals surface area contributed by atoms with Gasteiger partial charge in [0.15, 0.2) is 0 Å². The van der Waals surface area contributed by atoms with Crippen molar-refractivity contribution in [2.24, 2.45) is 0 Å². The highest BCUT2D eigenvalue weighted by Gasteiger charge is 2.12. The van der Waals surface area contributed by atoms with Crippen molar-refractivity contribution in [2.75, 3.05) is 13.2 Å². The average molecular weight is 264 g/mol. The molecule has 0 aliphatic heterocycles. The first-order valence-electron chi connectivity index (χ1n) is 7.85. The second kappa shape index (κ2) is 8.39. The summed E-state index contributed by atoms with van der Waals surface area (Å²) in [6, 6.07) is 2.20. The monoisotopic (exact) mass is 264 g/mol. The smallest absolute Gasteiger partial charge is 0.0594 e. The van der Waals surface area contributed by atoms with Crippen molar-refractivity contribution in [3.05, 3.63) is 24.0 Å². The van der Waals surface area contributed by atoms with Gasteiger partial charge in [0.2, 0.25) is 0 Å². The molecule has 3 heteroatoms. The highest BCUT2D eigenvalue weighted by atomic mass is 16.5. The first kappa shape index (κ1) is 14.6. The van der Waals surface area contributed by atoms with Crippen LogP contribution in [0.15, 0.2) is 18.5 Å². The van der Waals surface area contributed by atoms with Gasteiger partial charge in [0, 0.05) is 32.0 Å². The Morgan fingerprint density at radius 2 is 2.16 bits per heavy atom. The normalized spacial score (nSPS) is 16.9. The lowest BCUT2D eigenvalue weighted by atomic mass is 9.98. The SMILES string of the molecule is CCCn1ccc(CNCCOC2CCCCC2)c1. The maximum atomic E-state index is 5.90. The summed E-state index contributed by atoms with van der Waals surface area (Å²) in [5.41, 5.74) is 1.37. The Bertz CT molecular complexity index is 342. The second-order valence-electron chi connectivity index (χ2n) is 5.57. The third kappa shape index (κ3) is 5.37. The Morgan fingerprint density at radius 3 is 2.95 bits per heavy atom. The Morgan fingerprint density at radius 1 is 1.32 bits per heavy atom. The van der Waals surface area contributed by atoms with Crippen LogP contribution in [0.3, 0.4) is 0 Å². The van der Waals surface area contributed by atoms with Gasteiger partial charge in [-0.1, -0.05) is 26.2 Å². The van der Waals surface area contributed by atoms with E-state index in [0.717, 1.165) is 26.2 Å². The van der Waals surface area contributed by atoms with Gasteiger partial charge in [-0.05, 0) is 30.9 Å². The lowest BCUT2D eigenvalue weighted by Gasteiger charge is -2.21. The van der Waals surface area contributed by atoms with E-state index in [9.17, 15) is 0 Å². The molecule has 0 radical (unpaired) electrons. The van der Waals surface area contributed by atoms with Gasteiger partial charge in [-0.3, -0.25) is 0 Å². The molecule has 1 N–H and O–H groups in total. The molecule has 0 amide bonds. The quantitative estimate of drug-likeness (QED) is 0.729. The molecule has 0 bridgehead atoms. The molecular formula is C16H28N2O. The summed E-state index contributed by atoms with van der Waals surface area (Å²) in [6.45, 7) is 6.08. The number of ether oxygens (including phenoxy) is 1. The van der Waals surface area contributed by atoms with E-state index in [-0.39, 0.29) is 0 Å². The van der Waals surface area contributed by atoms with Crippen molar-refractivity contribution in [1.82, 2.24) is 9.88 Å². The molecule has 0 aromatic carbocycles. The lowest BCUT2D eigenvalue weighted by molar-refractivity contribution is 0.0302. The minimum atomic E-state index is 0.529. The van der Waals surface area contributed by atoms with Crippen LogP contribution < -0.4 is 5.32 Å². The number of nitrogens with zero attached hydrogens (tertiary/aromatic N) is 1. The summed E-state index contributed by atoms with van der Waals surface area (Å²) in [5, 5.41) is 3.46. The molecule has 1 saturated carbocycles. The molecule has 3 nitrogen and oxygen atoms in total. The first-order chi connectivity index (χ1) is 9.38. The molecule has 0 unspecified atom stereocenters. The Hall–Kier alpha value is -0.800. The van der Waals surface area contributed by atoms with E-state index < -0.39 is 0 Å². The zero-order valence-electron chi connectivity index (χ0n) is 12.2. The highest BCUT2D eigenvalue weighted by molar-refractivity contribution is 5.09. The number of hydrogen-bond donors (Lipinski definition) is 1. The van der Waals surface area contributed by atoms with Crippen molar-refractivity contribution in [3.63, 3.8) is 0 Å². The average Bonchev–Trinajstić information content (AvgIpc) is 2.88. The van der Waals surface area contributed by atoms with E-state index >= 15 is 0 Å². The van der Waals surface area contributed by atoms with Gasteiger partial charge in [-0.15, -0.1) is 0 Å². The summed E-state index contributed by atoms with van der Waals surface area (Å²) >= 11 is 0. The van der Waals surface area contributed by atoms with Crippen LogP contribution in [0.2, 0.25) is 0 Å². The molecule has 1 aromatic heterocycles. The zero-order chi connectivity index (χ0) is 13.3. The van der Waals surface area contributed by atoms with E-state index in [1.54, 1.807) is 0 Å². The predicted molar refractivity (Wildman–Crippen MR) is 79.3 cm³/mol. The van der Waals surface area contributed by atoms with Crippen molar-refractivity contribution < 1.29 is 4.74 Å². The molecule has 0 spiro atoms. The van der Waals surface area contributed by atoms with Gasteiger partial charge >= 0.3 is 0 Å². The lowest BCUT2D eigenvalue weighted by Crippen LogP contribution is -2.24. The van der Waals surface area contributed by atoms with Crippen LogP contribution in [0.5, 0.6) is 0 Å². The zero-order valence-corrected chi connectivity index (χ0v) is 12.2. The molecule has 0 atom stereocenters. The topological polar surface area (TPSA) is 26.2 Å². The van der Waals surface area contributed by atoms with E-state index in [1.165, 1.54) is 44.1 Å². The van der Waals surface area contributed by atoms with Gasteiger partial charge in [0.05, 0.1) is 12.7 Å². The van der Waals surface area contributed by atoms with Crippen LogP contribution in [-0.2, 0) is 17.8 Å². The van der Waals surface area contributed by atoms with Crippen LogP contribution in [-0.4, -0.2) is 23.8 Å². The summed E-state index contributed by atoms with van der Waals surface area (Å²) in [7, 11) is 0. The number of rotatable bonds is 8. The Kier molecular flexibility index (Phi) is 6.45. The molecule has 1 heterocycles. The number of nitrogens with one attached hydrogen (secondary N) is 1. The fourth-order valence-corrected chi connectivity index (χ4v) is 2.75. The van der Waals surface area contributed by atoms with Crippen molar-refractivity contribution in [1.29, 1.82) is 0 Å². The Balaban J connectivity index is 1.53. The summed E-state index contributed by atoms with van der Waals surface area (Å²) in [6.07, 6.45) is 12.7. The van der Waals surface area contributed by atoms with Crippen LogP contribution in [0.25, 0.3) is 0 Å². The Labute approximate surface area is 117 Å². The maximum Gasteiger partial charge on any atom is 0.0594 e. The fraction of sp³-hybridized carbons (Fsp3) is 0.750. The predicted octanol–water partition coefficient (Wildman–Crippen LogP) is 3.34. The van der Waals surface area contributed by atoms with E-state index in [4.69, 9.17) is 4.74 Å². The summed E-state index contributed by atoms with van der Waals surface area (Å²) in [5.74, 6) is 0. The van der Waals surface area contributed by atoms with Crippen LogP contribution >= 0.6 is 0 Å². The number of aromatic nitrogens is 1. The largest absolute Gasteiger partial charge is 0.377 e. The van der Waals surface area contributed by atoms with E-state index in [2.05, 4.69) is 35.3 Å². The molecule has 1 fully saturated rings. The third-order valence-electron chi connectivity index (χ3n) is 3.81. The van der Waals surface area contributed by atoms with Gasteiger partial charge < -0.3 is 14.6 Å². The second-order valence-corrected chi connectivity index (χ2v) is 5.57. The molecule has 1 aromatic rings. The molecule has 19 heavy (non-hydrogen) atoms. The van der Waals surface area contributed by atoms with Gasteiger partial charge in [0.25, 0.3) is 0 Å². The van der Waals surface area contributed by atoms with Crippen molar-refractivity contribution >= 4 is 0 Å². The van der Waals surface area contributed by atoms with Gasteiger partial charge in [-0.25, -0.2) is 0 Å². The summed E-state index contributed by atoms with van der Waals surface area (Å²) < 4.78 is 8.16. The van der Waals surface area contributed by atoms with Gasteiger partial charge in [0.1, 0.15) is 0 Å². The number of aryl methyl sites for hydroxylation is 1. The van der Waals surface area contributed by atoms with Crippen molar-refractivity contribution in [3.8, 4) is 0 Å². The molecule has 0 saturated heterocycles. The van der Waals surface area contributed by atoms with Crippen LogP contribution in [0.1, 0.15) is 51.0 Å². The van der Waals surface area contributed by atoms with Crippen LogP contribution in [0, 0.1) is 0 Å². The minimum Gasteiger partial charge on any atom is -0.377 e. The number of hydrogen-bond acceptors (Lipinski definition) is 2. The van der Waals surface area contributed by atoms with Gasteiger partial charge in [-0.2, -0.15) is 0 Å². The van der Waals surface area contributed by atoms with Crippen molar-refractivity contribution in [2.45, 2.75) is 64.6 Å². The molecule has 108 valence electrons. The van der Waals surface area contributed by atoms with Crippen LogP contribution in [0.4, 0.5) is 0 Å². The molecular weight excluding hydrogens is 236 g/mol. The fourth-order valence-electron chi connectivity index (χ4n) is 2.75. The third-order valence-corrected chi connectivity index (χ3v) is 3.81. The summed E-state index contributed by atoms with van der Waals surface area (Å²) in [4.78, 5) is 0. The standard InChI is InChI=1S/C16H28N2O/c1-2-10-18-11-8-15(14-18)13-17-9-12-19-16-6-4-3-5-7-16/h8,11,14,16-17H,2-7,9-10,12-13H2,1H3. The molecule has 2 rings (SSSR count). The van der Waals surface area contributed by atoms with E-state index in [1.807, 2.05) is 0 Å². The highest BCUT2D eigenvalue weighted by Crippen LogP contribution is 2.19. The molecule has 1 aliphatic carbocycles. The maximum absolute atomic E-state index is 5.90.